The van der Waals surface area contributed by atoms with Crippen LogP contribution in [0.4, 0.5) is 0 Å². The number of amides is 1. The quantitative estimate of drug-likeness (QED) is 0.476. The number of aliphatic carboxylic acids is 1. The van der Waals surface area contributed by atoms with Gasteiger partial charge < -0.3 is 10.4 Å². The number of unbranched alkanes of at least 4 members (excludes halogenated alkanes) is 1. The Bertz CT molecular complexity index is 236. The summed E-state index contributed by atoms with van der Waals surface area (Å²) in [5.74, 6) is -0.997. The van der Waals surface area contributed by atoms with E-state index in [2.05, 4.69) is 18.8 Å². The largest absolute Gasteiger partial charge is 0.478 e. The van der Waals surface area contributed by atoms with Crippen molar-refractivity contribution in [1.82, 2.24) is 5.32 Å². The van der Waals surface area contributed by atoms with Gasteiger partial charge in [-0.3, -0.25) is 4.79 Å². The van der Waals surface area contributed by atoms with Crippen LogP contribution in [-0.2, 0) is 9.59 Å². The Morgan fingerprint density at radius 3 is 2.47 bits per heavy atom. The molecule has 4 nitrogen and oxygen atoms in total. The summed E-state index contributed by atoms with van der Waals surface area (Å²) >= 11 is 0. The van der Waals surface area contributed by atoms with E-state index < -0.39 is 5.97 Å². The number of carboxylic acid groups (broad SMARTS) is 1. The van der Waals surface area contributed by atoms with Gasteiger partial charge >= 0.3 is 5.97 Å². The monoisotopic (exact) mass is 213 g/mol. The molecular formula is C11H19NO3. The van der Waals surface area contributed by atoms with E-state index in [0.717, 1.165) is 12.8 Å². The summed E-state index contributed by atoms with van der Waals surface area (Å²) in [5.41, 5.74) is 0.163. The summed E-state index contributed by atoms with van der Waals surface area (Å²) in [7, 11) is 0. The Balaban J connectivity index is 3.47. The molecule has 0 rings (SSSR count). The molecule has 86 valence electrons. The lowest BCUT2D eigenvalue weighted by molar-refractivity contribution is -0.133. The molecule has 0 heterocycles. The number of carbonyl (C=O) groups is 2. The average molecular weight is 213 g/mol. The van der Waals surface area contributed by atoms with Gasteiger partial charge in [0.05, 0.1) is 0 Å². The second-order valence-corrected chi connectivity index (χ2v) is 3.47. The molecule has 0 aliphatic heterocycles. The highest BCUT2D eigenvalue weighted by Crippen LogP contribution is 2.04. The van der Waals surface area contributed by atoms with Gasteiger partial charge in [0, 0.05) is 18.5 Å². The molecule has 1 amide bonds. The van der Waals surface area contributed by atoms with Crippen molar-refractivity contribution >= 4 is 11.9 Å². The van der Waals surface area contributed by atoms with E-state index >= 15 is 0 Å². The summed E-state index contributed by atoms with van der Waals surface area (Å²) in [6.07, 6.45) is 3.32. The molecule has 0 bridgehead atoms. The van der Waals surface area contributed by atoms with Crippen molar-refractivity contribution < 1.29 is 14.7 Å². The zero-order valence-corrected chi connectivity index (χ0v) is 9.21. The predicted molar refractivity (Wildman–Crippen MR) is 58.5 cm³/mol. The van der Waals surface area contributed by atoms with Crippen molar-refractivity contribution in [2.45, 2.75) is 39.0 Å². The molecule has 0 spiro atoms. The van der Waals surface area contributed by atoms with Gasteiger partial charge in [-0.25, -0.2) is 4.79 Å². The third-order valence-corrected chi connectivity index (χ3v) is 2.04. The van der Waals surface area contributed by atoms with Gasteiger partial charge in [-0.1, -0.05) is 19.9 Å². The molecule has 2 N–H and O–H groups in total. The zero-order valence-electron chi connectivity index (χ0n) is 9.21. The summed E-state index contributed by atoms with van der Waals surface area (Å²) in [5, 5.41) is 11.3. The molecule has 0 radical (unpaired) electrons. The minimum absolute atomic E-state index is 0.0124. The molecule has 0 aromatic carbocycles. The van der Waals surface area contributed by atoms with E-state index in [-0.39, 0.29) is 11.5 Å². The van der Waals surface area contributed by atoms with Gasteiger partial charge in [-0.2, -0.15) is 0 Å². The van der Waals surface area contributed by atoms with Crippen molar-refractivity contribution in [3.63, 3.8) is 0 Å². The molecule has 0 aliphatic rings. The highest BCUT2D eigenvalue weighted by molar-refractivity contribution is 5.85. The first-order valence-electron chi connectivity index (χ1n) is 5.25. The van der Waals surface area contributed by atoms with Crippen molar-refractivity contribution in [2.75, 3.05) is 6.54 Å². The molecule has 0 atom stereocenters. The van der Waals surface area contributed by atoms with Gasteiger partial charge in [-0.15, -0.1) is 0 Å². The van der Waals surface area contributed by atoms with E-state index in [0.29, 0.717) is 25.8 Å². The molecule has 15 heavy (non-hydrogen) atoms. The molecule has 0 aromatic rings. The maximum absolute atomic E-state index is 11.2. The molecule has 0 saturated heterocycles. The summed E-state index contributed by atoms with van der Waals surface area (Å²) in [4.78, 5) is 21.6. The van der Waals surface area contributed by atoms with Gasteiger partial charge in [0.25, 0.3) is 0 Å². The molecule has 0 aromatic heterocycles. The predicted octanol–water partition coefficient (Wildman–Crippen LogP) is 1.71. The number of carbonyl (C=O) groups excluding carboxylic acids is 1. The number of carboxylic acids is 1. The molecular weight excluding hydrogens is 194 g/mol. The van der Waals surface area contributed by atoms with Crippen LogP contribution in [0.5, 0.6) is 0 Å². The highest BCUT2D eigenvalue weighted by atomic mass is 16.4. The first-order valence-corrected chi connectivity index (χ1v) is 5.25. The summed E-state index contributed by atoms with van der Waals surface area (Å²) in [6.45, 7) is 6.16. The SMILES string of the molecule is C=C(CCCC(=O)NCCCC)C(=O)O. The van der Waals surface area contributed by atoms with E-state index in [1.165, 1.54) is 0 Å². The second-order valence-electron chi connectivity index (χ2n) is 3.47. The number of hydrogen-bond acceptors (Lipinski definition) is 2. The number of hydrogen-bond donors (Lipinski definition) is 2. The fourth-order valence-electron chi connectivity index (χ4n) is 1.06. The standard InChI is InChI=1S/C11H19NO3/c1-3-4-8-12-10(13)7-5-6-9(2)11(14)15/h2-8H2,1H3,(H,12,13)(H,14,15). The van der Waals surface area contributed by atoms with Crippen LogP contribution in [0.25, 0.3) is 0 Å². The number of nitrogens with one attached hydrogen (secondary N) is 1. The Morgan fingerprint density at radius 1 is 1.27 bits per heavy atom. The van der Waals surface area contributed by atoms with E-state index in [1.54, 1.807) is 0 Å². The Hall–Kier alpha value is -1.32. The van der Waals surface area contributed by atoms with Gasteiger partial charge in [0.15, 0.2) is 0 Å². The minimum atomic E-state index is -0.985. The highest BCUT2D eigenvalue weighted by Gasteiger charge is 2.05. The molecule has 4 heteroatoms. The summed E-state index contributed by atoms with van der Waals surface area (Å²) in [6, 6.07) is 0. The normalized spacial score (nSPS) is 9.67. The zero-order chi connectivity index (χ0) is 11.7. The smallest absolute Gasteiger partial charge is 0.330 e. The molecule has 0 saturated carbocycles. The fraction of sp³-hybridized carbons (Fsp3) is 0.636. The van der Waals surface area contributed by atoms with Gasteiger partial charge in [0.2, 0.25) is 5.91 Å². The van der Waals surface area contributed by atoms with Crippen LogP contribution in [0.2, 0.25) is 0 Å². The van der Waals surface area contributed by atoms with Gasteiger partial charge in [-0.05, 0) is 19.3 Å². The van der Waals surface area contributed by atoms with Crippen LogP contribution in [-0.4, -0.2) is 23.5 Å². The van der Waals surface area contributed by atoms with Crippen molar-refractivity contribution in [2.24, 2.45) is 0 Å². The fourth-order valence-corrected chi connectivity index (χ4v) is 1.06. The number of rotatable bonds is 8. The van der Waals surface area contributed by atoms with Crippen molar-refractivity contribution in [1.29, 1.82) is 0 Å². The average Bonchev–Trinajstić information content (AvgIpc) is 2.18. The maximum Gasteiger partial charge on any atom is 0.330 e. The van der Waals surface area contributed by atoms with Crippen molar-refractivity contribution in [3.8, 4) is 0 Å². The van der Waals surface area contributed by atoms with Crippen LogP contribution < -0.4 is 5.32 Å². The van der Waals surface area contributed by atoms with Gasteiger partial charge in [0.1, 0.15) is 0 Å². The Labute approximate surface area is 90.4 Å². The van der Waals surface area contributed by atoms with Crippen LogP contribution in [0.15, 0.2) is 12.2 Å². The van der Waals surface area contributed by atoms with Crippen LogP contribution in [0.1, 0.15) is 39.0 Å². The molecule has 0 unspecified atom stereocenters. The van der Waals surface area contributed by atoms with E-state index in [1.807, 2.05) is 0 Å². The van der Waals surface area contributed by atoms with Crippen LogP contribution in [0.3, 0.4) is 0 Å². The lowest BCUT2D eigenvalue weighted by atomic mass is 10.1. The maximum atomic E-state index is 11.2. The Morgan fingerprint density at radius 2 is 1.93 bits per heavy atom. The molecule has 0 fully saturated rings. The molecule has 0 aliphatic carbocycles. The van der Waals surface area contributed by atoms with Crippen LogP contribution in [0, 0.1) is 0 Å². The second kappa shape index (κ2) is 8.03. The third-order valence-electron chi connectivity index (χ3n) is 2.04. The lowest BCUT2D eigenvalue weighted by Gasteiger charge is -2.03. The minimum Gasteiger partial charge on any atom is -0.478 e. The van der Waals surface area contributed by atoms with E-state index in [4.69, 9.17) is 5.11 Å². The first-order chi connectivity index (χ1) is 7.07. The van der Waals surface area contributed by atoms with Crippen molar-refractivity contribution in [3.05, 3.63) is 12.2 Å². The lowest BCUT2D eigenvalue weighted by Crippen LogP contribution is -2.23. The van der Waals surface area contributed by atoms with E-state index in [9.17, 15) is 9.59 Å². The van der Waals surface area contributed by atoms with Crippen LogP contribution >= 0.6 is 0 Å². The third kappa shape index (κ3) is 7.73. The summed E-state index contributed by atoms with van der Waals surface area (Å²) < 4.78 is 0. The first kappa shape index (κ1) is 13.7. The topological polar surface area (TPSA) is 66.4 Å². The Kier molecular flexibility index (Phi) is 7.32.